The van der Waals surface area contributed by atoms with Crippen LogP contribution in [-0.4, -0.2) is 11.2 Å². The van der Waals surface area contributed by atoms with Gasteiger partial charge in [0.2, 0.25) is 0 Å². The van der Waals surface area contributed by atoms with Crippen molar-refractivity contribution in [3.05, 3.63) is 59.7 Å². The van der Waals surface area contributed by atoms with Gasteiger partial charge in [-0.25, -0.2) is 9.69 Å². The number of fused-ring (bicyclic) bond motifs is 2. The van der Waals surface area contributed by atoms with Gasteiger partial charge < -0.3 is 5.11 Å². The average Bonchev–Trinajstić information content (AvgIpc) is 2.42. The number of halogens is 4. The Morgan fingerprint density at radius 2 is 1.27 bits per heavy atom. The zero-order valence-electron chi connectivity index (χ0n) is 11.1. The van der Waals surface area contributed by atoms with Crippen LogP contribution in [0.15, 0.2) is 48.5 Å². The maximum atomic E-state index is 11.4. The fourth-order valence-electron chi connectivity index (χ4n) is 2.30. The number of amides is 1. The van der Waals surface area contributed by atoms with Crippen LogP contribution in [0.2, 0.25) is 0 Å². The first-order chi connectivity index (χ1) is 10.3. The molecule has 1 aliphatic rings. The van der Waals surface area contributed by atoms with Crippen LogP contribution in [0.1, 0.15) is 11.1 Å². The fraction of sp³-hybridized carbons (Fsp3) is 0.0714. The summed E-state index contributed by atoms with van der Waals surface area (Å²) < 4.78 is 0. The van der Waals surface area contributed by atoms with Gasteiger partial charge >= 0.3 is 55.6 Å². The Hall–Kier alpha value is -0.247. The summed E-state index contributed by atoms with van der Waals surface area (Å²) >= 11 is -3.29. The Balaban J connectivity index is 0.000000309. The molecule has 0 unspecified atom stereocenters. The Morgan fingerprint density at radius 1 is 0.909 bits per heavy atom. The zero-order chi connectivity index (χ0) is 16.3. The molecule has 0 radical (unpaired) electrons. The summed E-state index contributed by atoms with van der Waals surface area (Å²) in [6.45, 7) is 0. The second kappa shape index (κ2) is 7.55. The Labute approximate surface area is 147 Å². The van der Waals surface area contributed by atoms with Crippen LogP contribution in [0.25, 0.3) is 0 Å². The van der Waals surface area contributed by atoms with Crippen molar-refractivity contribution in [2.45, 2.75) is 6.42 Å². The van der Waals surface area contributed by atoms with Crippen molar-refractivity contribution in [3.63, 3.8) is 0 Å². The number of nitrogens with zero attached hydrogens (tertiary/aromatic N) is 1. The molecule has 3 rings (SSSR count). The molecule has 0 fully saturated rings. The molecule has 1 amide bonds. The van der Waals surface area contributed by atoms with Gasteiger partial charge in [0, 0.05) is 6.42 Å². The third-order valence-electron chi connectivity index (χ3n) is 3.04. The van der Waals surface area contributed by atoms with Crippen molar-refractivity contribution in [2.24, 2.45) is 0 Å². The number of hydrogen-bond donors (Lipinski definition) is 1. The number of carbonyl (C=O) groups is 1. The first kappa shape index (κ1) is 18.1. The molecular formula is C14H11Cl4NO2Zr. The number of benzene rings is 2. The van der Waals surface area contributed by atoms with E-state index in [9.17, 15) is 9.90 Å². The molecular weight excluding hydrogens is 447 g/mol. The Morgan fingerprint density at radius 3 is 1.64 bits per heavy atom. The quantitative estimate of drug-likeness (QED) is 0.514. The van der Waals surface area contributed by atoms with Gasteiger partial charge in [0.25, 0.3) is 0 Å². The molecule has 22 heavy (non-hydrogen) atoms. The van der Waals surface area contributed by atoms with Gasteiger partial charge in [-0.2, -0.15) is 0 Å². The molecule has 0 bridgehead atoms. The average molecular weight is 458 g/mol. The van der Waals surface area contributed by atoms with E-state index in [0.717, 1.165) is 28.9 Å². The number of anilines is 2. The minimum absolute atomic E-state index is 0.763. The van der Waals surface area contributed by atoms with Crippen LogP contribution in [0, 0.1) is 0 Å². The Bertz CT molecular complexity index is 639. The minimum atomic E-state index is -3.29. The van der Waals surface area contributed by atoms with E-state index in [1.807, 2.05) is 48.5 Å². The van der Waals surface area contributed by atoms with Crippen molar-refractivity contribution in [1.29, 1.82) is 0 Å². The second-order valence-electron chi connectivity index (χ2n) is 4.48. The molecule has 8 heteroatoms. The van der Waals surface area contributed by atoms with Crippen molar-refractivity contribution in [1.82, 2.24) is 0 Å². The zero-order valence-corrected chi connectivity index (χ0v) is 16.6. The molecule has 0 saturated carbocycles. The van der Waals surface area contributed by atoms with E-state index in [1.54, 1.807) is 0 Å². The van der Waals surface area contributed by atoms with Gasteiger partial charge in [0.05, 0.1) is 11.4 Å². The van der Waals surface area contributed by atoms with Crippen molar-refractivity contribution in [3.8, 4) is 0 Å². The summed E-state index contributed by atoms with van der Waals surface area (Å²) in [4.78, 5) is 12.8. The Kier molecular flexibility index (Phi) is 6.21. The normalized spacial score (nSPS) is 12.6. The number of hydrogen-bond acceptors (Lipinski definition) is 1. The number of carboxylic acid groups (broad SMARTS) is 1. The summed E-state index contributed by atoms with van der Waals surface area (Å²) in [6, 6.07) is 15.2. The molecule has 0 saturated heterocycles. The monoisotopic (exact) mass is 455 g/mol. The van der Waals surface area contributed by atoms with Crippen LogP contribution in [0.4, 0.5) is 16.2 Å². The van der Waals surface area contributed by atoms with Gasteiger partial charge in [-0.1, -0.05) is 36.4 Å². The first-order valence-corrected chi connectivity index (χ1v) is 18.9. The van der Waals surface area contributed by atoms with Gasteiger partial charge in [-0.15, -0.1) is 0 Å². The van der Waals surface area contributed by atoms with Gasteiger partial charge in [-0.05, 0) is 23.3 Å². The van der Waals surface area contributed by atoms with E-state index >= 15 is 0 Å². The van der Waals surface area contributed by atoms with Crippen molar-refractivity contribution >= 4 is 51.5 Å². The van der Waals surface area contributed by atoms with Crippen LogP contribution in [0.3, 0.4) is 0 Å². The third-order valence-corrected chi connectivity index (χ3v) is 3.04. The topological polar surface area (TPSA) is 40.5 Å². The van der Waals surface area contributed by atoms with E-state index in [1.165, 1.54) is 4.90 Å². The van der Waals surface area contributed by atoms with Crippen LogP contribution in [0.5, 0.6) is 0 Å². The van der Waals surface area contributed by atoms with Gasteiger partial charge in [0.15, 0.2) is 0 Å². The molecule has 0 aromatic heterocycles. The standard InChI is InChI=1S/C14H11NO2.4ClH.Zr/c16-14(17)15-12-7-3-1-5-10(12)9-11-6-2-4-8-13(11)15;;;;;/h1-8H,9H2,(H,16,17);4*1H;/q;;;;;+4/p-4. The summed E-state index contributed by atoms with van der Waals surface area (Å²) in [5.41, 5.74) is 3.62. The van der Waals surface area contributed by atoms with E-state index in [4.69, 9.17) is 34.1 Å². The molecule has 1 aliphatic heterocycles. The molecule has 0 atom stereocenters. The molecule has 0 spiro atoms. The molecule has 1 heterocycles. The van der Waals surface area contributed by atoms with E-state index < -0.39 is 21.6 Å². The summed E-state index contributed by atoms with van der Waals surface area (Å²) in [5.74, 6) is 0. The van der Waals surface area contributed by atoms with Gasteiger partial charge in [-0.3, -0.25) is 0 Å². The predicted molar refractivity (Wildman–Crippen MR) is 89.3 cm³/mol. The fourth-order valence-corrected chi connectivity index (χ4v) is 2.30. The number of rotatable bonds is 0. The molecule has 1 N–H and O–H groups in total. The van der Waals surface area contributed by atoms with Crippen LogP contribution < -0.4 is 4.90 Å². The van der Waals surface area contributed by atoms with Crippen LogP contribution in [-0.2, 0) is 21.9 Å². The molecule has 0 aliphatic carbocycles. The summed E-state index contributed by atoms with van der Waals surface area (Å²) in [6.07, 6.45) is -0.152. The SMILES string of the molecule is O=C(O)N1c2ccccc2Cc2ccccc21.[Cl][Zr]([Cl])([Cl])[Cl]. The summed E-state index contributed by atoms with van der Waals surface area (Å²) in [5, 5.41) is 9.36. The maximum absolute atomic E-state index is 11.4. The van der Waals surface area contributed by atoms with E-state index in [-0.39, 0.29) is 0 Å². The molecule has 3 nitrogen and oxygen atoms in total. The molecule has 2 aromatic rings. The van der Waals surface area contributed by atoms with Crippen LogP contribution >= 0.6 is 34.1 Å². The van der Waals surface area contributed by atoms with E-state index in [2.05, 4.69) is 0 Å². The summed E-state index contributed by atoms with van der Waals surface area (Å²) in [7, 11) is 20.1. The van der Waals surface area contributed by atoms with Crippen molar-refractivity contribution in [2.75, 3.05) is 4.90 Å². The first-order valence-electron chi connectivity index (χ1n) is 6.22. The van der Waals surface area contributed by atoms with Gasteiger partial charge in [0.1, 0.15) is 0 Å². The third kappa shape index (κ3) is 4.87. The molecule has 116 valence electrons. The van der Waals surface area contributed by atoms with Crippen molar-refractivity contribution < 1.29 is 25.4 Å². The van der Waals surface area contributed by atoms with E-state index in [0.29, 0.717) is 0 Å². The molecule has 2 aromatic carbocycles. The second-order valence-corrected chi connectivity index (χ2v) is 26.9. The predicted octanol–water partition coefficient (Wildman–Crippen LogP) is 6.16. The number of para-hydroxylation sites is 2.